The highest BCUT2D eigenvalue weighted by Gasteiger charge is 2.22. The van der Waals surface area contributed by atoms with E-state index >= 15 is 0 Å². The number of benzene rings is 3. The maximum Gasteiger partial charge on any atom is 0.325 e. The Balaban J connectivity index is 1.61. The van der Waals surface area contributed by atoms with Crippen LogP contribution in [0.3, 0.4) is 0 Å². The molecule has 34 heavy (non-hydrogen) atoms. The smallest absolute Gasteiger partial charge is 0.325 e. The second kappa shape index (κ2) is 10.6. The number of nitrogens with one attached hydrogen (secondary N) is 1. The molecular weight excluding hydrogens is 426 g/mol. The molecule has 0 atom stereocenters. The lowest BCUT2D eigenvalue weighted by molar-refractivity contribution is -0.143. The molecule has 3 aromatic carbocycles. The number of para-hydroxylation sites is 1. The van der Waals surface area contributed by atoms with Crippen LogP contribution in [0.5, 0.6) is 0 Å². The van der Waals surface area contributed by atoms with Crippen LogP contribution in [0.1, 0.15) is 35.2 Å². The van der Waals surface area contributed by atoms with Crippen LogP contribution in [0, 0.1) is 6.92 Å². The van der Waals surface area contributed by atoms with Gasteiger partial charge in [0.1, 0.15) is 6.54 Å². The number of hydrogen-bond donors (Lipinski definition) is 1. The molecular formula is C28H27N3O3. The summed E-state index contributed by atoms with van der Waals surface area (Å²) in [5.41, 5.74) is 7.13. The number of hydrogen-bond acceptors (Lipinski definition) is 4. The predicted octanol–water partition coefficient (Wildman–Crippen LogP) is 4.80. The van der Waals surface area contributed by atoms with E-state index in [4.69, 9.17) is 4.74 Å². The van der Waals surface area contributed by atoms with E-state index < -0.39 is 5.92 Å². The van der Waals surface area contributed by atoms with E-state index in [2.05, 4.69) is 10.5 Å². The molecule has 0 unspecified atom stereocenters. The fourth-order valence-electron chi connectivity index (χ4n) is 4.17. The number of carbonyl (C=O) groups is 2. The largest absolute Gasteiger partial charge is 0.465 e. The zero-order chi connectivity index (χ0) is 23.9. The first-order chi connectivity index (χ1) is 16.6. The van der Waals surface area contributed by atoms with Crippen molar-refractivity contribution in [2.45, 2.75) is 26.3 Å². The second-order valence-electron chi connectivity index (χ2n) is 7.90. The summed E-state index contributed by atoms with van der Waals surface area (Å²) < 4.78 is 7.04. The molecule has 0 bridgehead atoms. The van der Waals surface area contributed by atoms with Crippen LogP contribution in [-0.4, -0.2) is 29.3 Å². The minimum atomic E-state index is -0.481. The van der Waals surface area contributed by atoms with Crippen molar-refractivity contribution in [1.82, 2.24) is 9.99 Å². The van der Waals surface area contributed by atoms with E-state index in [1.165, 1.54) is 0 Å². The van der Waals surface area contributed by atoms with Gasteiger partial charge in [-0.2, -0.15) is 5.10 Å². The lowest BCUT2D eigenvalue weighted by Gasteiger charge is -2.16. The molecule has 1 heterocycles. The zero-order valence-corrected chi connectivity index (χ0v) is 19.3. The quantitative estimate of drug-likeness (QED) is 0.237. The molecule has 6 heteroatoms. The topological polar surface area (TPSA) is 72.7 Å². The predicted molar refractivity (Wildman–Crippen MR) is 134 cm³/mol. The molecule has 0 saturated heterocycles. The molecule has 0 aliphatic carbocycles. The summed E-state index contributed by atoms with van der Waals surface area (Å²) in [5, 5.41) is 5.25. The van der Waals surface area contributed by atoms with Gasteiger partial charge in [-0.05, 0) is 31.0 Å². The number of ether oxygens (including phenoxy) is 1. The van der Waals surface area contributed by atoms with Crippen LogP contribution in [-0.2, 0) is 20.9 Å². The zero-order valence-electron chi connectivity index (χ0n) is 19.3. The van der Waals surface area contributed by atoms with Gasteiger partial charge in [0.05, 0.1) is 18.7 Å². The van der Waals surface area contributed by atoms with Gasteiger partial charge in [0.2, 0.25) is 0 Å². The number of aromatic nitrogens is 1. The van der Waals surface area contributed by atoms with Crippen molar-refractivity contribution in [2.75, 3.05) is 6.61 Å². The van der Waals surface area contributed by atoms with Gasteiger partial charge in [0, 0.05) is 22.2 Å². The molecule has 0 aliphatic heterocycles. The van der Waals surface area contributed by atoms with Crippen molar-refractivity contribution in [3.05, 3.63) is 107 Å². The third-order valence-corrected chi connectivity index (χ3v) is 5.77. The van der Waals surface area contributed by atoms with Crippen LogP contribution in [0.2, 0.25) is 0 Å². The Kier molecular flexibility index (Phi) is 7.18. The lowest BCUT2D eigenvalue weighted by atomic mass is 9.91. The average molecular weight is 454 g/mol. The van der Waals surface area contributed by atoms with E-state index in [0.29, 0.717) is 6.61 Å². The third kappa shape index (κ3) is 4.91. The Morgan fingerprint density at radius 3 is 2.15 bits per heavy atom. The monoisotopic (exact) mass is 453 g/mol. The summed E-state index contributed by atoms with van der Waals surface area (Å²) in [5.74, 6) is -0.996. The van der Waals surface area contributed by atoms with Gasteiger partial charge in [-0.25, -0.2) is 5.43 Å². The van der Waals surface area contributed by atoms with Gasteiger partial charge in [-0.3, -0.25) is 9.59 Å². The molecule has 0 aliphatic rings. The molecule has 0 spiro atoms. The van der Waals surface area contributed by atoms with Gasteiger partial charge in [0.15, 0.2) is 0 Å². The van der Waals surface area contributed by atoms with Crippen LogP contribution < -0.4 is 5.43 Å². The SMILES string of the molecule is CCOC(=O)Cn1c(C)c(/C=N\NC(=O)C(c2ccccc2)c2ccccc2)c2ccccc21. The molecule has 1 aromatic heterocycles. The molecule has 0 saturated carbocycles. The number of hydrazone groups is 1. The first kappa shape index (κ1) is 23.0. The number of fused-ring (bicyclic) bond motifs is 1. The summed E-state index contributed by atoms with van der Waals surface area (Å²) >= 11 is 0. The first-order valence-electron chi connectivity index (χ1n) is 11.3. The first-order valence-corrected chi connectivity index (χ1v) is 11.3. The van der Waals surface area contributed by atoms with E-state index in [-0.39, 0.29) is 18.4 Å². The van der Waals surface area contributed by atoms with Crippen molar-refractivity contribution in [1.29, 1.82) is 0 Å². The van der Waals surface area contributed by atoms with E-state index in [9.17, 15) is 9.59 Å². The van der Waals surface area contributed by atoms with E-state index in [1.807, 2.05) is 96.4 Å². The van der Waals surface area contributed by atoms with Gasteiger partial charge in [-0.15, -0.1) is 0 Å². The van der Waals surface area contributed by atoms with Gasteiger partial charge in [-0.1, -0.05) is 78.9 Å². The fraction of sp³-hybridized carbons (Fsp3) is 0.179. The maximum atomic E-state index is 13.2. The summed E-state index contributed by atoms with van der Waals surface area (Å²) in [4.78, 5) is 25.3. The summed E-state index contributed by atoms with van der Waals surface area (Å²) in [6.07, 6.45) is 1.64. The van der Waals surface area contributed by atoms with E-state index in [1.54, 1.807) is 13.1 Å². The molecule has 172 valence electrons. The summed E-state index contributed by atoms with van der Waals surface area (Å²) in [7, 11) is 0. The number of amides is 1. The fourth-order valence-corrected chi connectivity index (χ4v) is 4.17. The number of rotatable bonds is 8. The molecule has 0 fully saturated rings. The molecule has 4 rings (SSSR count). The van der Waals surface area contributed by atoms with Crippen molar-refractivity contribution >= 4 is 29.0 Å². The van der Waals surface area contributed by atoms with Crippen LogP contribution >= 0.6 is 0 Å². The molecule has 0 radical (unpaired) electrons. The molecule has 4 aromatic rings. The van der Waals surface area contributed by atoms with Crippen LogP contribution in [0.4, 0.5) is 0 Å². The van der Waals surface area contributed by atoms with Gasteiger partial charge < -0.3 is 9.30 Å². The minimum Gasteiger partial charge on any atom is -0.465 e. The Labute approximate surface area is 198 Å². The maximum absolute atomic E-state index is 13.2. The molecule has 6 nitrogen and oxygen atoms in total. The van der Waals surface area contributed by atoms with Gasteiger partial charge >= 0.3 is 5.97 Å². The number of carbonyl (C=O) groups excluding carboxylic acids is 2. The van der Waals surface area contributed by atoms with Crippen LogP contribution in [0.25, 0.3) is 10.9 Å². The van der Waals surface area contributed by atoms with Crippen molar-refractivity contribution in [3.8, 4) is 0 Å². The summed E-state index contributed by atoms with van der Waals surface area (Å²) in [6.45, 7) is 4.17. The highest BCUT2D eigenvalue weighted by molar-refractivity contribution is 6.02. The molecule has 1 amide bonds. The lowest BCUT2D eigenvalue weighted by Crippen LogP contribution is -2.26. The summed E-state index contributed by atoms with van der Waals surface area (Å²) in [6, 6.07) is 27.1. The average Bonchev–Trinajstić information content (AvgIpc) is 3.12. The number of nitrogens with zero attached hydrogens (tertiary/aromatic N) is 2. The van der Waals surface area contributed by atoms with Crippen molar-refractivity contribution in [2.24, 2.45) is 5.10 Å². The second-order valence-corrected chi connectivity index (χ2v) is 7.90. The standard InChI is InChI=1S/C28H27N3O3/c1-3-34-26(32)19-31-20(2)24(23-16-10-11-17-25(23)31)18-29-30-28(33)27(21-12-6-4-7-13-21)22-14-8-5-9-15-22/h4-18,27H,3,19H2,1-2H3,(H,30,33)/b29-18-. The molecule has 1 N–H and O–H groups in total. The highest BCUT2D eigenvalue weighted by Crippen LogP contribution is 2.26. The van der Waals surface area contributed by atoms with Gasteiger partial charge in [0.25, 0.3) is 5.91 Å². The Morgan fingerprint density at radius 2 is 1.53 bits per heavy atom. The van der Waals surface area contributed by atoms with Crippen molar-refractivity contribution in [3.63, 3.8) is 0 Å². The normalized spacial score (nSPS) is 11.3. The minimum absolute atomic E-state index is 0.116. The Bertz CT molecular complexity index is 1270. The highest BCUT2D eigenvalue weighted by atomic mass is 16.5. The van der Waals surface area contributed by atoms with Crippen molar-refractivity contribution < 1.29 is 14.3 Å². The van der Waals surface area contributed by atoms with E-state index in [0.717, 1.165) is 33.3 Å². The van der Waals surface area contributed by atoms with Crippen LogP contribution in [0.15, 0.2) is 90.0 Å². The Morgan fingerprint density at radius 1 is 0.941 bits per heavy atom. The number of esters is 1. The Hall–Kier alpha value is -4.19. The third-order valence-electron chi connectivity index (χ3n) is 5.77.